The molecule has 0 aromatic carbocycles. The maximum Gasteiger partial charge on any atom is 0.182 e. The van der Waals surface area contributed by atoms with Gasteiger partial charge in [-0.2, -0.15) is 0 Å². The van der Waals surface area contributed by atoms with E-state index >= 15 is 0 Å². The molecule has 2 aliphatic rings. The number of fused-ring (bicyclic) bond motifs is 1. The van der Waals surface area contributed by atoms with Gasteiger partial charge in [-0.15, -0.1) is 5.92 Å². The van der Waals surface area contributed by atoms with E-state index in [1.54, 1.807) is 6.08 Å². The molecule has 0 saturated heterocycles. The molecule has 2 aliphatic carbocycles. The molecule has 0 aliphatic heterocycles. The van der Waals surface area contributed by atoms with E-state index in [0.29, 0.717) is 0 Å². The Hall–Kier alpha value is -0.0461. The van der Waals surface area contributed by atoms with Crippen LogP contribution in [-0.2, 0) is 37.5 Å². The first kappa shape index (κ1) is 15.0. The van der Waals surface area contributed by atoms with E-state index in [0.717, 1.165) is 29.6 Å². The minimum Gasteiger partial charge on any atom is -0.498 e. The van der Waals surface area contributed by atoms with Crippen LogP contribution in [0, 0.1) is 17.9 Å². The zero-order valence-electron chi connectivity index (χ0n) is 10.4. The Balaban J connectivity index is 0.00000144. The van der Waals surface area contributed by atoms with Crippen LogP contribution in [0.4, 0.5) is 0 Å². The maximum absolute atomic E-state index is 11.8. The topological polar surface area (TPSA) is 37.3 Å². The van der Waals surface area contributed by atoms with E-state index in [4.69, 9.17) is 0 Å². The molecule has 17 heavy (non-hydrogen) atoms. The minimum atomic E-state index is -0.548. The molecule has 0 aromatic heterocycles. The molecule has 1 radical (unpaired) electrons. The van der Waals surface area contributed by atoms with E-state index in [1.165, 1.54) is 0 Å². The molecule has 0 fully saturated rings. The quantitative estimate of drug-likeness (QED) is 0.754. The third kappa shape index (κ3) is 2.54. The number of carbonyl (C=O) groups is 1. The monoisotopic (exact) mass is 306 g/mol. The summed E-state index contributed by atoms with van der Waals surface area (Å²) in [5, 5.41) is 10.3. The van der Waals surface area contributed by atoms with Gasteiger partial charge < -0.3 is 11.2 Å². The smallest absolute Gasteiger partial charge is 0.182 e. The molecular formula is C14H17O2Y-. The van der Waals surface area contributed by atoms with Gasteiger partial charge in [-0.25, -0.2) is 0 Å². The van der Waals surface area contributed by atoms with Crippen molar-refractivity contribution in [3.63, 3.8) is 0 Å². The number of hydrogen-bond donors (Lipinski definition) is 1. The summed E-state index contributed by atoms with van der Waals surface area (Å²) >= 11 is 0. The predicted octanol–water partition coefficient (Wildman–Crippen LogP) is 2.21. The van der Waals surface area contributed by atoms with Gasteiger partial charge in [-0.05, 0) is 26.3 Å². The van der Waals surface area contributed by atoms with Crippen molar-refractivity contribution in [1.29, 1.82) is 0 Å². The standard InChI is InChI=1S/C14H17O2.Y/c1-4-10-6-5-8(2)12-11(15)7-9(3)13(12)14(10)16;/h7,10,13-14,16H,1,5-6H2,2-3H3;/q-1;/t10-,13+,14-;/m1./s1. The van der Waals surface area contributed by atoms with Crippen LogP contribution in [0.3, 0.4) is 0 Å². The molecule has 0 aromatic rings. The Bertz CT molecular complexity index is 406. The van der Waals surface area contributed by atoms with E-state index < -0.39 is 6.10 Å². The van der Waals surface area contributed by atoms with Crippen molar-refractivity contribution in [3.8, 4) is 0 Å². The van der Waals surface area contributed by atoms with E-state index in [-0.39, 0.29) is 50.3 Å². The van der Waals surface area contributed by atoms with Crippen LogP contribution in [0.1, 0.15) is 26.7 Å². The molecule has 3 heteroatoms. The van der Waals surface area contributed by atoms with Gasteiger partial charge >= 0.3 is 0 Å². The van der Waals surface area contributed by atoms with Crippen molar-refractivity contribution in [2.75, 3.05) is 0 Å². The van der Waals surface area contributed by atoms with Crippen LogP contribution in [0.15, 0.2) is 29.4 Å². The van der Waals surface area contributed by atoms with Crippen molar-refractivity contribution in [1.82, 2.24) is 0 Å². The summed E-state index contributed by atoms with van der Waals surface area (Å²) < 4.78 is 0. The van der Waals surface area contributed by atoms with Gasteiger partial charge in [0.1, 0.15) is 0 Å². The minimum absolute atomic E-state index is 0. The van der Waals surface area contributed by atoms with Gasteiger partial charge in [-0.1, -0.05) is 17.6 Å². The average molecular weight is 306 g/mol. The van der Waals surface area contributed by atoms with E-state index in [1.807, 2.05) is 13.8 Å². The zero-order valence-corrected chi connectivity index (χ0v) is 13.2. The van der Waals surface area contributed by atoms with Crippen molar-refractivity contribution in [2.24, 2.45) is 11.8 Å². The summed E-state index contributed by atoms with van der Waals surface area (Å²) in [6.07, 6.45) is 5.68. The van der Waals surface area contributed by atoms with E-state index in [9.17, 15) is 9.90 Å². The molecule has 2 nitrogen and oxygen atoms in total. The summed E-state index contributed by atoms with van der Waals surface area (Å²) in [6.45, 7) is 7.56. The Morgan fingerprint density at radius 1 is 1.47 bits per heavy atom. The molecule has 0 spiro atoms. The van der Waals surface area contributed by atoms with Crippen LogP contribution in [-0.4, -0.2) is 17.0 Å². The fraction of sp³-hybridized carbons (Fsp3) is 0.500. The number of aliphatic hydroxyl groups excluding tert-OH is 1. The number of hydrogen-bond acceptors (Lipinski definition) is 2. The number of aliphatic hydroxyl groups is 1. The summed E-state index contributed by atoms with van der Waals surface area (Å²) in [5.74, 6) is -0.0929. The van der Waals surface area contributed by atoms with Crippen LogP contribution < -0.4 is 0 Å². The third-order valence-electron chi connectivity index (χ3n) is 3.73. The number of carbonyl (C=O) groups excluding carboxylic acids is 1. The van der Waals surface area contributed by atoms with Gasteiger partial charge in [0.25, 0.3) is 0 Å². The molecule has 0 unspecified atom stereocenters. The molecule has 1 N–H and O–H groups in total. The molecule has 0 heterocycles. The normalized spacial score (nSPS) is 32.5. The first-order valence-corrected chi connectivity index (χ1v) is 5.69. The number of rotatable bonds is 1. The zero-order chi connectivity index (χ0) is 11.9. The van der Waals surface area contributed by atoms with Crippen LogP contribution in [0.5, 0.6) is 0 Å². The Kier molecular flexibility index (Phi) is 5.06. The largest absolute Gasteiger partial charge is 0.498 e. The summed E-state index contributed by atoms with van der Waals surface area (Å²) in [5.41, 5.74) is 2.89. The molecule has 89 valence electrons. The molecule has 0 amide bonds. The van der Waals surface area contributed by atoms with Crippen molar-refractivity contribution >= 4 is 5.78 Å². The second kappa shape index (κ2) is 5.73. The Labute approximate surface area is 128 Å². The van der Waals surface area contributed by atoms with Crippen LogP contribution >= 0.6 is 0 Å². The molecule has 0 bridgehead atoms. The Morgan fingerprint density at radius 3 is 2.71 bits per heavy atom. The molecule has 2 rings (SSSR count). The first-order valence-electron chi connectivity index (χ1n) is 5.69. The molecular weight excluding hydrogens is 289 g/mol. The Morgan fingerprint density at radius 2 is 2.12 bits per heavy atom. The predicted molar refractivity (Wildman–Crippen MR) is 62.6 cm³/mol. The van der Waals surface area contributed by atoms with Gasteiger partial charge in [0, 0.05) is 50.3 Å². The second-order valence-corrected chi connectivity index (χ2v) is 4.76. The average Bonchev–Trinajstić information content (AvgIpc) is 2.45. The fourth-order valence-electron chi connectivity index (χ4n) is 2.80. The first-order chi connectivity index (χ1) is 7.56. The maximum atomic E-state index is 11.8. The van der Waals surface area contributed by atoms with Crippen LogP contribution in [0.2, 0.25) is 0 Å². The SMILES string of the molecule is C=[C-][C@@H]1CCC(C)=C2C(=O)C=C(C)[C@@H]2[C@@H]1O.[Y]. The summed E-state index contributed by atoms with van der Waals surface area (Å²) in [4.78, 5) is 11.8. The van der Waals surface area contributed by atoms with Crippen molar-refractivity contribution in [3.05, 3.63) is 35.5 Å². The third-order valence-corrected chi connectivity index (χ3v) is 3.73. The summed E-state index contributed by atoms with van der Waals surface area (Å²) in [6, 6.07) is 0. The van der Waals surface area contributed by atoms with Gasteiger partial charge in [-0.3, -0.25) is 11.4 Å². The van der Waals surface area contributed by atoms with Crippen molar-refractivity contribution < 1.29 is 42.6 Å². The molecule has 3 atom stereocenters. The van der Waals surface area contributed by atoms with Crippen LogP contribution in [0.25, 0.3) is 0 Å². The number of ketones is 1. The number of allylic oxidation sites excluding steroid dienone is 2. The fourth-order valence-corrected chi connectivity index (χ4v) is 2.80. The van der Waals surface area contributed by atoms with E-state index in [2.05, 4.69) is 12.7 Å². The van der Waals surface area contributed by atoms with Gasteiger partial charge in [0.15, 0.2) is 5.78 Å². The van der Waals surface area contributed by atoms with Crippen molar-refractivity contribution in [2.45, 2.75) is 32.8 Å². The van der Waals surface area contributed by atoms with Gasteiger partial charge in [0.2, 0.25) is 0 Å². The molecule has 0 saturated carbocycles. The second-order valence-electron chi connectivity index (χ2n) is 4.76. The van der Waals surface area contributed by atoms with Gasteiger partial charge in [0.05, 0.1) is 0 Å². The summed E-state index contributed by atoms with van der Waals surface area (Å²) in [7, 11) is 0.